The summed E-state index contributed by atoms with van der Waals surface area (Å²) in [6, 6.07) is 0. The van der Waals surface area contributed by atoms with Crippen LogP contribution < -0.4 is 0 Å². The lowest BCUT2D eigenvalue weighted by molar-refractivity contribution is -0.305. The van der Waals surface area contributed by atoms with E-state index in [0.29, 0.717) is 0 Å². The average Bonchev–Trinajstić information content (AvgIpc) is 1.84. The Balaban J connectivity index is 3.73. The fourth-order valence-corrected chi connectivity index (χ4v) is 0.270. The fraction of sp³-hybridized carbons (Fsp3) is 0.800. The highest BCUT2D eigenvalue weighted by molar-refractivity contribution is 4.59. The molecule has 0 bridgehead atoms. The average molecular weight is 175 g/mol. The van der Waals surface area contributed by atoms with E-state index in [1.54, 1.807) is 0 Å². The summed E-state index contributed by atoms with van der Waals surface area (Å²) in [6.07, 6.45) is -9.82. The van der Waals surface area contributed by atoms with Crippen LogP contribution >= 0.6 is 0 Å². The van der Waals surface area contributed by atoms with Crippen molar-refractivity contribution in [3.8, 4) is 0 Å². The van der Waals surface area contributed by atoms with E-state index in [-0.39, 0.29) is 0 Å². The molecular formula is C5H7F4O2. The molecule has 0 aromatic carbocycles. The molecule has 6 heteroatoms. The van der Waals surface area contributed by atoms with Crippen LogP contribution in [0.5, 0.6) is 0 Å². The molecule has 0 aromatic rings. The van der Waals surface area contributed by atoms with Gasteiger partial charge in [0.25, 0.3) is 0 Å². The van der Waals surface area contributed by atoms with Crippen molar-refractivity contribution >= 4 is 0 Å². The molecule has 2 nitrogen and oxygen atoms in total. The van der Waals surface area contributed by atoms with E-state index >= 15 is 0 Å². The molecule has 0 aliphatic rings. The van der Waals surface area contributed by atoms with Gasteiger partial charge in [0.15, 0.2) is 0 Å². The van der Waals surface area contributed by atoms with E-state index < -0.39 is 25.2 Å². The Morgan fingerprint density at radius 3 is 2.18 bits per heavy atom. The Bertz CT molecular complexity index is 115. The quantitative estimate of drug-likeness (QED) is 0.647. The highest BCUT2D eigenvalue weighted by Crippen LogP contribution is 2.23. The first kappa shape index (κ1) is 10.6. The maximum Gasteiger partial charge on any atom is 0.416 e. The summed E-state index contributed by atoms with van der Waals surface area (Å²) in [5, 5.41) is 8.28. The highest BCUT2D eigenvalue weighted by Gasteiger charge is 2.42. The van der Waals surface area contributed by atoms with Gasteiger partial charge in [-0.3, -0.25) is 0 Å². The molecule has 0 fully saturated rings. The van der Waals surface area contributed by atoms with Gasteiger partial charge in [-0.05, 0) is 6.92 Å². The SMILES string of the molecule is [CH2]C(O)COC(F)(F)C(F)F. The van der Waals surface area contributed by atoms with Gasteiger partial charge in [-0.2, -0.15) is 8.78 Å². The minimum Gasteiger partial charge on any atom is -0.391 e. The first-order valence-electron chi connectivity index (χ1n) is 2.67. The minimum atomic E-state index is -4.50. The van der Waals surface area contributed by atoms with Crippen LogP contribution in [0.3, 0.4) is 0 Å². The summed E-state index contributed by atoms with van der Waals surface area (Å²) in [6.45, 7) is 1.93. The lowest BCUT2D eigenvalue weighted by atomic mass is 10.4. The Kier molecular flexibility index (Phi) is 3.74. The van der Waals surface area contributed by atoms with Gasteiger partial charge in [0.05, 0.1) is 12.7 Å². The fourth-order valence-electron chi connectivity index (χ4n) is 0.270. The predicted molar refractivity (Wildman–Crippen MR) is 28.3 cm³/mol. The Morgan fingerprint density at radius 1 is 1.45 bits per heavy atom. The van der Waals surface area contributed by atoms with Crippen molar-refractivity contribution in [3.63, 3.8) is 0 Å². The lowest BCUT2D eigenvalue weighted by Gasteiger charge is -2.16. The molecule has 67 valence electrons. The van der Waals surface area contributed by atoms with Gasteiger partial charge in [-0.25, -0.2) is 8.78 Å². The predicted octanol–water partition coefficient (Wildman–Crippen LogP) is 1.06. The van der Waals surface area contributed by atoms with Crippen LogP contribution in [0.15, 0.2) is 0 Å². The molecule has 0 amide bonds. The van der Waals surface area contributed by atoms with Gasteiger partial charge in [-0.15, -0.1) is 0 Å². The van der Waals surface area contributed by atoms with Gasteiger partial charge in [0, 0.05) is 0 Å². The normalized spacial score (nSPS) is 15.5. The van der Waals surface area contributed by atoms with Gasteiger partial charge in [-0.1, -0.05) is 0 Å². The summed E-state index contributed by atoms with van der Waals surface area (Å²) >= 11 is 0. The van der Waals surface area contributed by atoms with Gasteiger partial charge >= 0.3 is 12.5 Å². The van der Waals surface area contributed by atoms with Crippen LogP contribution in [0.2, 0.25) is 0 Å². The summed E-state index contributed by atoms with van der Waals surface area (Å²) in [5.41, 5.74) is 0. The number of rotatable bonds is 4. The molecule has 0 saturated heterocycles. The number of hydrogen-bond acceptors (Lipinski definition) is 2. The second-order valence-corrected chi connectivity index (χ2v) is 1.83. The third-order valence-corrected chi connectivity index (χ3v) is 0.722. The minimum absolute atomic E-state index is 0.919. The summed E-state index contributed by atoms with van der Waals surface area (Å²) < 4.78 is 49.5. The molecule has 0 aliphatic heterocycles. The van der Waals surface area contributed by atoms with E-state index in [2.05, 4.69) is 11.7 Å². The third-order valence-electron chi connectivity index (χ3n) is 0.722. The number of aliphatic hydroxyl groups is 1. The van der Waals surface area contributed by atoms with Crippen molar-refractivity contribution in [1.29, 1.82) is 0 Å². The molecule has 11 heavy (non-hydrogen) atoms. The molecule has 0 saturated carbocycles. The van der Waals surface area contributed by atoms with E-state index in [9.17, 15) is 17.6 Å². The monoisotopic (exact) mass is 175 g/mol. The summed E-state index contributed by atoms with van der Waals surface area (Å²) in [4.78, 5) is 0. The Morgan fingerprint density at radius 2 is 1.91 bits per heavy atom. The first-order chi connectivity index (χ1) is 4.86. The molecule has 1 atom stereocenters. The molecule has 1 radical (unpaired) electrons. The lowest BCUT2D eigenvalue weighted by Crippen LogP contribution is -2.32. The van der Waals surface area contributed by atoms with Crippen LogP contribution in [0.4, 0.5) is 17.6 Å². The van der Waals surface area contributed by atoms with Crippen LogP contribution in [-0.2, 0) is 4.74 Å². The Hall–Kier alpha value is -0.360. The molecule has 0 spiro atoms. The number of ether oxygens (including phenoxy) is 1. The maximum atomic E-state index is 11.8. The standard InChI is InChI=1S/C5H7F4O2/c1-3(10)2-11-5(8,9)4(6)7/h3-4,10H,1-2H2. The topological polar surface area (TPSA) is 29.5 Å². The van der Waals surface area contributed by atoms with Crippen LogP contribution in [0.1, 0.15) is 0 Å². The van der Waals surface area contributed by atoms with Crippen LogP contribution in [0.25, 0.3) is 0 Å². The molecule has 1 unspecified atom stereocenters. The van der Waals surface area contributed by atoms with E-state index in [1.807, 2.05) is 0 Å². The molecule has 0 rings (SSSR count). The number of alkyl halides is 4. The number of halogens is 4. The van der Waals surface area contributed by atoms with Crippen molar-refractivity contribution in [2.24, 2.45) is 0 Å². The van der Waals surface area contributed by atoms with Crippen LogP contribution in [0, 0.1) is 6.92 Å². The van der Waals surface area contributed by atoms with E-state index in [4.69, 9.17) is 5.11 Å². The zero-order valence-electron chi connectivity index (χ0n) is 5.44. The van der Waals surface area contributed by atoms with E-state index in [0.717, 1.165) is 0 Å². The van der Waals surface area contributed by atoms with Gasteiger partial charge in [0.2, 0.25) is 0 Å². The Labute approximate surface area is 60.8 Å². The number of aliphatic hydroxyl groups excluding tert-OH is 1. The van der Waals surface area contributed by atoms with Crippen molar-refractivity contribution in [2.75, 3.05) is 6.61 Å². The van der Waals surface area contributed by atoms with Gasteiger partial charge < -0.3 is 9.84 Å². The number of hydrogen-bond donors (Lipinski definition) is 1. The smallest absolute Gasteiger partial charge is 0.391 e. The van der Waals surface area contributed by atoms with Crippen LogP contribution in [-0.4, -0.2) is 30.4 Å². The first-order valence-corrected chi connectivity index (χ1v) is 2.67. The molecule has 0 heterocycles. The van der Waals surface area contributed by atoms with Crippen molar-refractivity contribution in [1.82, 2.24) is 0 Å². The second-order valence-electron chi connectivity index (χ2n) is 1.83. The van der Waals surface area contributed by atoms with Gasteiger partial charge in [0.1, 0.15) is 0 Å². The summed E-state index contributed by atoms with van der Waals surface area (Å²) in [5.74, 6) is 0. The zero-order chi connectivity index (χ0) is 9.07. The second kappa shape index (κ2) is 3.87. The van der Waals surface area contributed by atoms with Crippen molar-refractivity contribution < 1.29 is 27.4 Å². The summed E-state index contributed by atoms with van der Waals surface area (Å²) in [7, 11) is 0. The third kappa shape index (κ3) is 4.15. The van der Waals surface area contributed by atoms with Crippen molar-refractivity contribution in [3.05, 3.63) is 6.92 Å². The molecule has 1 N–H and O–H groups in total. The molecule has 0 aromatic heterocycles. The molecule has 0 aliphatic carbocycles. The maximum absolute atomic E-state index is 11.8. The highest BCUT2D eigenvalue weighted by atomic mass is 19.3. The zero-order valence-corrected chi connectivity index (χ0v) is 5.44. The molecular weight excluding hydrogens is 168 g/mol. The van der Waals surface area contributed by atoms with Crippen molar-refractivity contribution in [2.45, 2.75) is 18.6 Å². The largest absolute Gasteiger partial charge is 0.416 e. The van der Waals surface area contributed by atoms with E-state index in [1.165, 1.54) is 0 Å².